The molecular formula is C19H20N2O4. The van der Waals surface area contributed by atoms with Crippen LogP contribution in [0.4, 0.5) is 10.5 Å². The van der Waals surface area contributed by atoms with Crippen molar-refractivity contribution in [3.05, 3.63) is 81.4 Å². The van der Waals surface area contributed by atoms with Crippen LogP contribution in [-0.4, -0.2) is 17.6 Å². The van der Waals surface area contributed by atoms with E-state index in [0.717, 1.165) is 16.7 Å². The number of ether oxygens (including phenoxy) is 1. The summed E-state index contributed by atoms with van der Waals surface area (Å²) in [5.74, 6) is 0. The Morgan fingerprint density at radius 2 is 2.00 bits per heavy atom. The summed E-state index contributed by atoms with van der Waals surface area (Å²) in [5, 5.41) is 13.5. The number of nitro benzene ring substituents is 1. The summed E-state index contributed by atoms with van der Waals surface area (Å²) in [6.07, 6.45) is 3.79. The third-order valence-corrected chi connectivity index (χ3v) is 3.40. The molecule has 0 aliphatic carbocycles. The van der Waals surface area contributed by atoms with Gasteiger partial charge in [0.05, 0.1) is 4.92 Å². The highest BCUT2D eigenvalue weighted by molar-refractivity contribution is 5.67. The van der Waals surface area contributed by atoms with Gasteiger partial charge in [-0.3, -0.25) is 10.1 Å². The standard InChI is InChI=1S/C19H20N2O4/c1-15-11-17(13-18(12-15)21(23)24)9-5-6-10-20-19(22)25-14-16-7-3-2-4-8-16/h2-5,7-9,11-13H,6,10,14H2,1H3,(H,20,22). The molecule has 2 aromatic carbocycles. The summed E-state index contributed by atoms with van der Waals surface area (Å²) in [4.78, 5) is 22.0. The van der Waals surface area contributed by atoms with Crippen molar-refractivity contribution in [2.24, 2.45) is 0 Å². The summed E-state index contributed by atoms with van der Waals surface area (Å²) in [5.41, 5.74) is 2.59. The Morgan fingerprint density at radius 3 is 2.72 bits per heavy atom. The minimum absolute atomic E-state index is 0.0715. The van der Waals surface area contributed by atoms with Crippen LogP contribution in [0, 0.1) is 17.0 Å². The molecule has 0 saturated carbocycles. The smallest absolute Gasteiger partial charge is 0.407 e. The van der Waals surface area contributed by atoms with E-state index in [-0.39, 0.29) is 12.3 Å². The van der Waals surface area contributed by atoms with E-state index in [2.05, 4.69) is 5.32 Å². The Bertz CT molecular complexity index is 757. The molecule has 1 amide bonds. The van der Waals surface area contributed by atoms with Gasteiger partial charge in [0.2, 0.25) is 0 Å². The summed E-state index contributed by atoms with van der Waals surface area (Å²) in [7, 11) is 0. The number of amides is 1. The maximum atomic E-state index is 11.6. The third-order valence-electron chi connectivity index (χ3n) is 3.40. The number of non-ortho nitro benzene ring substituents is 1. The van der Waals surface area contributed by atoms with Crippen molar-refractivity contribution in [1.29, 1.82) is 0 Å². The van der Waals surface area contributed by atoms with Crippen molar-refractivity contribution in [1.82, 2.24) is 5.32 Å². The summed E-state index contributed by atoms with van der Waals surface area (Å²) >= 11 is 0. The largest absolute Gasteiger partial charge is 0.445 e. The number of carbonyl (C=O) groups excluding carboxylic acids is 1. The van der Waals surface area contributed by atoms with Crippen LogP contribution < -0.4 is 5.32 Å². The number of nitrogens with one attached hydrogen (secondary N) is 1. The number of aryl methyl sites for hydroxylation is 1. The minimum Gasteiger partial charge on any atom is -0.445 e. The van der Waals surface area contributed by atoms with E-state index in [1.807, 2.05) is 49.4 Å². The van der Waals surface area contributed by atoms with Gasteiger partial charge in [0.25, 0.3) is 5.69 Å². The van der Waals surface area contributed by atoms with Gasteiger partial charge in [0.15, 0.2) is 0 Å². The fourth-order valence-corrected chi connectivity index (χ4v) is 2.24. The van der Waals surface area contributed by atoms with Gasteiger partial charge in [-0.25, -0.2) is 4.79 Å². The topological polar surface area (TPSA) is 81.5 Å². The lowest BCUT2D eigenvalue weighted by Gasteiger charge is -2.05. The summed E-state index contributed by atoms with van der Waals surface area (Å²) in [6, 6.07) is 14.4. The Labute approximate surface area is 146 Å². The first-order valence-corrected chi connectivity index (χ1v) is 7.92. The second-order valence-electron chi connectivity index (χ2n) is 5.54. The first kappa shape index (κ1) is 18.2. The van der Waals surface area contributed by atoms with Gasteiger partial charge in [0.1, 0.15) is 6.61 Å². The van der Waals surface area contributed by atoms with Crippen LogP contribution in [0.2, 0.25) is 0 Å². The molecule has 6 heteroatoms. The van der Waals surface area contributed by atoms with Crippen molar-refractivity contribution in [3.8, 4) is 0 Å². The molecule has 0 spiro atoms. The third kappa shape index (κ3) is 6.47. The fourth-order valence-electron chi connectivity index (χ4n) is 2.24. The number of hydrogen-bond donors (Lipinski definition) is 1. The molecule has 2 aromatic rings. The number of nitrogens with zero attached hydrogens (tertiary/aromatic N) is 1. The average molecular weight is 340 g/mol. The monoisotopic (exact) mass is 340 g/mol. The zero-order valence-electron chi connectivity index (χ0n) is 14.0. The number of alkyl carbamates (subject to hydrolysis) is 1. The van der Waals surface area contributed by atoms with Crippen molar-refractivity contribution < 1.29 is 14.5 Å². The predicted molar refractivity (Wildman–Crippen MR) is 96.1 cm³/mol. The van der Waals surface area contributed by atoms with Gasteiger partial charge in [-0.05, 0) is 30.0 Å². The van der Waals surface area contributed by atoms with E-state index in [1.54, 1.807) is 6.08 Å². The average Bonchev–Trinajstić information content (AvgIpc) is 2.60. The molecule has 0 unspecified atom stereocenters. The molecule has 0 bridgehead atoms. The molecule has 0 aromatic heterocycles. The molecule has 0 heterocycles. The van der Waals surface area contributed by atoms with Crippen LogP contribution in [0.1, 0.15) is 23.1 Å². The molecular weight excluding hydrogens is 320 g/mol. The van der Waals surface area contributed by atoms with Crippen molar-refractivity contribution in [2.45, 2.75) is 20.0 Å². The number of hydrogen-bond acceptors (Lipinski definition) is 4. The highest BCUT2D eigenvalue weighted by atomic mass is 16.6. The van der Waals surface area contributed by atoms with Crippen LogP contribution in [0.15, 0.2) is 54.6 Å². The van der Waals surface area contributed by atoms with Crippen LogP contribution >= 0.6 is 0 Å². The highest BCUT2D eigenvalue weighted by Crippen LogP contribution is 2.17. The van der Waals surface area contributed by atoms with Crippen LogP contribution in [0.3, 0.4) is 0 Å². The highest BCUT2D eigenvalue weighted by Gasteiger charge is 2.06. The van der Waals surface area contributed by atoms with Gasteiger partial charge in [-0.1, -0.05) is 48.6 Å². The molecule has 0 atom stereocenters. The van der Waals surface area contributed by atoms with E-state index in [4.69, 9.17) is 4.74 Å². The quantitative estimate of drug-likeness (QED) is 0.464. The van der Waals surface area contributed by atoms with Crippen molar-refractivity contribution in [3.63, 3.8) is 0 Å². The molecule has 0 aliphatic heterocycles. The molecule has 0 radical (unpaired) electrons. The first-order chi connectivity index (χ1) is 12.0. The normalized spacial score (nSPS) is 10.6. The second kappa shape index (κ2) is 9.22. The van der Waals surface area contributed by atoms with Crippen LogP contribution in [0.25, 0.3) is 6.08 Å². The lowest BCUT2D eigenvalue weighted by molar-refractivity contribution is -0.384. The second-order valence-corrected chi connectivity index (χ2v) is 5.54. The summed E-state index contributed by atoms with van der Waals surface area (Å²) in [6.45, 7) is 2.47. The van der Waals surface area contributed by atoms with Gasteiger partial charge in [-0.2, -0.15) is 0 Å². The Balaban J connectivity index is 1.72. The number of benzene rings is 2. The molecule has 1 N–H and O–H groups in total. The lowest BCUT2D eigenvalue weighted by Crippen LogP contribution is -2.24. The van der Waals surface area contributed by atoms with E-state index in [1.165, 1.54) is 12.1 Å². The zero-order chi connectivity index (χ0) is 18.1. The minimum atomic E-state index is -0.469. The summed E-state index contributed by atoms with van der Waals surface area (Å²) < 4.78 is 5.10. The number of nitro groups is 1. The fraction of sp³-hybridized carbons (Fsp3) is 0.211. The van der Waals surface area contributed by atoms with E-state index >= 15 is 0 Å². The molecule has 25 heavy (non-hydrogen) atoms. The molecule has 0 aliphatic rings. The van der Waals surface area contributed by atoms with Crippen LogP contribution in [0.5, 0.6) is 0 Å². The molecule has 130 valence electrons. The lowest BCUT2D eigenvalue weighted by atomic mass is 10.1. The van der Waals surface area contributed by atoms with Crippen molar-refractivity contribution >= 4 is 17.9 Å². The number of carbonyl (C=O) groups is 1. The molecule has 0 saturated heterocycles. The predicted octanol–water partition coefficient (Wildman–Crippen LogP) is 4.23. The van der Waals surface area contributed by atoms with Crippen molar-refractivity contribution in [2.75, 3.05) is 6.54 Å². The number of rotatable bonds is 7. The zero-order valence-corrected chi connectivity index (χ0v) is 14.0. The first-order valence-electron chi connectivity index (χ1n) is 7.92. The van der Waals surface area contributed by atoms with Crippen LogP contribution in [-0.2, 0) is 11.3 Å². The maximum absolute atomic E-state index is 11.6. The Hall–Kier alpha value is -3.15. The van der Waals surface area contributed by atoms with Gasteiger partial charge < -0.3 is 10.1 Å². The Morgan fingerprint density at radius 1 is 1.24 bits per heavy atom. The molecule has 0 fully saturated rings. The van der Waals surface area contributed by atoms with Gasteiger partial charge >= 0.3 is 6.09 Å². The van der Waals surface area contributed by atoms with Gasteiger partial charge in [0, 0.05) is 18.7 Å². The van der Waals surface area contributed by atoms with E-state index < -0.39 is 11.0 Å². The maximum Gasteiger partial charge on any atom is 0.407 e. The van der Waals surface area contributed by atoms with Gasteiger partial charge in [-0.15, -0.1) is 0 Å². The molecule has 6 nitrogen and oxygen atoms in total. The Kier molecular flexibility index (Phi) is 6.71. The SMILES string of the molecule is Cc1cc(C=CCCNC(=O)OCc2ccccc2)cc([N+](=O)[O-])c1. The van der Waals surface area contributed by atoms with E-state index in [0.29, 0.717) is 13.0 Å². The van der Waals surface area contributed by atoms with E-state index in [9.17, 15) is 14.9 Å². The molecule has 2 rings (SSSR count).